The van der Waals surface area contributed by atoms with Crippen molar-refractivity contribution in [3.63, 3.8) is 0 Å². The van der Waals surface area contributed by atoms with Gasteiger partial charge in [-0.1, -0.05) is 90.0 Å². The SMILES string of the molecule is CCCCCCCCCCCCCCCC[n+]1ccccc1.Cl.Cl.Cl. The Labute approximate surface area is 175 Å². The normalized spacial score (nSPS) is 9.64. The molecule has 1 aromatic heterocycles. The van der Waals surface area contributed by atoms with Gasteiger partial charge in [0.1, 0.15) is 6.54 Å². The van der Waals surface area contributed by atoms with Crippen LogP contribution in [0.5, 0.6) is 0 Å². The summed E-state index contributed by atoms with van der Waals surface area (Å²) in [5.74, 6) is 0. The number of nitrogens with zero attached hydrogens (tertiary/aromatic N) is 1. The van der Waals surface area contributed by atoms with Crippen LogP contribution in [0.15, 0.2) is 30.6 Å². The van der Waals surface area contributed by atoms with Crippen LogP contribution in [0.3, 0.4) is 0 Å². The molecule has 1 heterocycles. The largest absolute Gasteiger partial charge is 0.205 e. The third-order valence-electron chi connectivity index (χ3n) is 4.55. The first kappa shape index (κ1) is 29.8. The average Bonchev–Trinajstić information content (AvgIpc) is 2.56. The van der Waals surface area contributed by atoms with Crippen molar-refractivity contribution in [2.24, 2.45) is 0 Å². The fourth-order valence-corrected chi connectivity index (χ4v) is 3.07. The van der Waals surface area contributed by atoms with Crippen LogP contribution in [0.4, 0.5) is 0 Å². The van der Waals surface area contributed by atoms with E-state index in [0.29, 0.717) is 0 Å². The molecule has 0 aliphatic rings. The molecule has 1 nitrogen and oxygen atoms in total. The van der Waals surface area contributed by atoms with Gasteiger partial charge in [-0.05, 0) is 6.42 Å². The maximum Gasteiger partial charge on any atom is 0.168 e. The number of halogens is 3. The topological polar surface area (TPSA) is 3.88 Å². The number of hydrogen-bond donors (Lipinski definition) is 0. The van der Waals surface area contributed by atoms with Crippen molar-refractivity contribution in [2.45, 2.75) is 103 Å². The fraction of sp³-hybridized carbons (Fsp3) is 0.762. The number of aryl methyl sites for hydroxylation is 1. The Kier molecular flexibility index (Phi) is 28.6. The molecule has 0 aliphatic carbocycles. The van der Waals surface area contributed by atoms with Crippen LogP contribution in [0, 0.1) is 0 Å². The van der Waals surface area contributed by atoms with Crippen molar-refractivity contribution in [3.05, 3.63) is 30.6 Å². The quantitative estimate of drug-likeness (QED) is 0.204. The standard InChI is InChI=1S/C21H38N.3ClH/c1-2-3-4-5-6-7-8-9-10-11-12-13-14-16-19-22-20-17-15-18-21-22;;;/h15,17-18,20-21H,2-14,16,19H2,1H3;3*1H/q+1;;;. The van der Waals surface area contributed by atoms with Gasteiger partial charge in [-0.2, -0.15) is 0 Å². The first-order valence-corrected chi connectivity index (χ1v) is 9.87. The zero-order chi connectivity index (χ0) is 15.7. The van der Waals surface area contributed by atoms with Crippen LogP contribution in [0.1, 0.15) is 96.8 Å². The van der Waals surface area contributed by atoms with Crippen molar-refractivity contribution >= 4 is 37.2 Å². The van der Waals surface area contributed by atoms with Gasteiger partial charge in [0.25, 0.3) is 0 Å². The van der Waals surface area contributed by atoms with Crippen LogP contribution in [-0.2, 0) is 6.54 Å². The molecule has 0 fully saturated rings. The Morgan fingerprint density at radius 3 is 1.24 bits per heavy atom. The Morgan fingerprint density at radius 1 is 0.480 bits per heavy atom. The minimum atomic E-state index is 0. The molecule has 0 bridgehead atoms. The molecule has 0 N–H and O–H groups in total. The molecule has 0 aliphatic heterocycles. The summed E-state index contributed by atoms with van der Waals surface area (Å²) in [6.45, 7) is 3.47. The zero-order valence-electron chi connectivity index (χ0n) is 16.2. The lowest BCUT2D eigenvalue weighted by atomic mass is 10.0. The Morgan fingerprint density at radius 2 is 0.840 bits per heavy atom. The summed E-state index contributed by atoms with van der Waals surface area (Å²) < 4.78 is 2.29. The van der Waals surface area contributed by atoms with Gasteiger partial charge in [-0.3, -0.25) is 0 Å². The third-order valence-corrected chi connectivity index (χ3v) is 4.55. The highest BCUT2D eigenvalue weighted by molar-refractivity contribution is 5.86. The van der Waals surface area contributed by atoms with E-state index in [-0.39, 0.29) is 37.2 Å². The smallest absolute Gasteiger partial charge is 0.168 e. The lowest BCUT2D eigenvalue weighted by Crippen LogP contribution is -2.32. The van der Waals surface area contributed by atoms with Gasteiger partial charge < -0.3 is 0 Å². The van der Waals surface area contributed by atoms with E-state index in [0.717, 1.165) is 0 Å². The average molecular weight is 414 g/mol. The highest BCUT2D eigenvalue weighted by Gasteiger charge is 1.98. The summed E-state index contributed by atoms with van der Waals surface area (Å²) >= 11 is 0. The summed E-state index contributed by atoms with van der Waals surface area (Å²) in [6, 6.07) is 6.31. The van der Waals surface area contributed by atoms with E-state index in [9.17, 15) is 0 Å². The third kappa shape index (κ3) is 20.2. The van der Waals surface area contributed by atoms with E-state index < -0.39 is 0 Å². The van der Waals surface area contributed by atoms with Gasteiger partial charge >= 0.3 is 0 Å². The second-order valence-electron chi connectivity index (χ2n) is 6.71. The van der Waals surface area contributed by atoms with Crippen molar-refractivity contribution in [1.29, 1.82) is 0 Å². The van der Waals surface area contributed by atoms with E-state index >= 15 is 0 Å². The van der Waals surface area contributed by atoms with E-state index in [1.807, 2.05) is 0 Å². The minimum absolute atomic E-state index is 0. The summed E-state index contributed by atoms with van der Waals surface area (Å²) in [7, 11) is 0. The number of rotatable bonds is 15. The van der Waals surface area contributed by atoms with Crippen LogP contribution in [0.25, 0.3) is 0 Å². The molecule has 0 saturated heterocycles. The number of pyridine rings is 1. The molecule has 0 spiro atoms. The van der Waals surface area contributed by atoms with Gasteiger partial charge in [-0.15, -0.1) is 37.2 Å². The number of aromatic nitrogens is 1. The monoisotopic (exact) mass is 412 g/mol. The van der Waals surface area contributed by atoms with Crippen molar-refractivity contribution in [1.82, 2.24) is 0 Å². The second-order valence-corrected chi connectivity index (χ2v) is 6.71. The summed E-state index contributed by atoms with van der Waals surface area (Å²) in [5, 5.41) is 0. The molecular weight excluding hydrogens is 373 g/mol. The maximum absolute atomic E-state index is 2.29. The molecule has 0 saturated carbocycles. The molecule has 150 valence electrons. The minimum Gasteiger partial charge on any atom is -0.205 e. The predicted molar refractivity (Wildman–Crippen MR) is 119 cm³/mol. The van der Waals surface area contributed by atoms with Crippen molar-refractivity contribution in [2.75, 3.05) is 0 Å². The zero-order valence-corrected chi connectivity index (χ0v) is 18.6. The number of unbranched alkanes of at least 4 members (excludes halogenated alkanes) is 13. The first-order valence-electron chi connectivity index (χ1n) is 9.87. The van der Waals surface area contributed by atoms with E-state index in [2.05, 4.69) is 42.1 Å². The molecule has 1 rings (SSSR count). The summed E-state index contributed by atoms with van der Waals surface area (Å²) in [5.41, 5.74) is 0. The Bertz CT molecular complexity index is 333. The van der Waals surface area contributed by atoms with E-state index in [1.54, 1.807) is 0 Å². The summed E-state index contributed by atoms with van der Waals surface area (Å²) in [6.07, 6.45) is 24.4. The molecule has 0 atom stereocenters. The molecule has 0 radical (unpaired) electrons. The van der Waals surface area contributed by atoms with Gasteiger partial charge in [0, 0.05) is 18.6 Å². The van der Waals surface area contributed by atoms with Crippen molar-refractivity contribution < 1.29 is 4.57 Å². The van der Waals surface area contributed by atoms with Gasteiger partial charge in [0.15, 0.2) is 12.4 Å². The highest BCUT2D eigenvalue weighted by Crippen LogP contribution is 2.12. The van der Waals surface area contributed by atoms with Crippen molar-refractivity contribution in [3.8, 4) is 0 Å². The van der Waals surface area contributed by atoms with Crippen LogP contribution < -0.4 is 4.57 Å². The predicted octanol–water partition coefficient (Wildman–Crippen LogP) is 7.72. The Balaban J connectivity index is -0.00000161. The summed E-state index contributed by atoms with van der Waals surface area (Å²) in [4.78, 5) is 0. The number of hydrogen-bond acceptors (Lipinski definition) is 0. The fourth-order valence-electron chi connectivity index (χ4n) is 3.07. The first-order chi connectivity index (χ1) is 10.9. The van der Waals surface area contributed by atoms with Crippen LogP contribution in [0.2, 0.25) is 0 Å². The van der Waals surface area contributed by atoms with E-state index in [4.69, 9.17) is 0 Å². The second kappa shape index (κ2) is 24.0. The molecule has 4 heteroatoms. The molecule has 0 unspecified atom stereocenters. The molecular formula is C21H41Cl3N+. The van der Waals surface area contributed by atoms with Gasteiger partial charge in [0.05, 0.1) is 0 Å². The molecule has 25 heavy (non-hydrogen) atoms. The molecule has 0 amide bonds. The maximum atomic E-state index is 2.29. The molecule has 1 aromatic rings. The van der Waals surface area contributed by atoms with Crippen LogP contribution in [-0.4, -0.2) is 0 Å². The van der Waals surface area contributed by atoms with E-state index in [1.165, 1.54) is 96.4 Å². The molecule has 0 aromatic carbocycles. The highest BCUT2D eigenvalue weighted by atomic mass is 35.5. The Hall–Kier alpha value is 0.0200. The van der Waals surface area contributed by atoms with Crippen LogP contribution >= 0.6 is 37.2 Å². The van der Waals surface area contributed by atoms with Gasteiger partial charge in [0.2, 0.25) is 0 Å². The van der Waals surface area contributed by atoms with Gasteiger partial charge in [-0.25, -0.2) is 4.57 Å². The lowest BCUT2D eigenvalue weighted by Gasteiger charge is -2.02. The lowest BCUT2D eigenvalue weighted by molar-refractivity contribution is -0.697.